The molecule has 0 fully saturated rings. The lowest BCUT2D eigenvalue weighted by Crippen LogP contribution is -2.06. The van der Waals surface area contributed by atoms with Crippen LogP contribution in [-0.2, 0) is 0 Å². The number of hydrogen-bond acceptors (Lipinski definition) is 3. The van der Waals surface area contributed by atoms with Crippen LogP contribution in [0.2, 0.25) is 0 Å². The highest BCUT2D eigenvalue weighted by molar-refractivity contribution is 6.08. The molecular formula is C20H25NO2. The number of benzene rings is 1. The zero-order valence-corrected chi connectivity index (χ0v) is 14.0. The summed E-state index contributed by atoms with van der Waals surface area (Å²) in [4.78, 5) is 16.6. The first kappa shape index (κ1) is 17.2. The molecular weight excluding hydrogens is 286 g/mol. The van der Waals surface area contributed by atoms with Gasteiger partial charge in [0.15, 0.2) is 0 Å². The van der Waals surface area contributed by atoms with Gasteiger partial charge in [-0.15, -0.1) is 0 Å². The van der Waals surface area contributed by atoms with Crippen molar-refractivity contribution in [3.05, 3.63) is 59.4 Å². The zero-order valence-electron chi connectivity index (χ0n) is 14.0. The van der Waals surface area contributed by atoms with Crippen LogP contribution in [0.5, 0.6) is 5.75 Å². The molecule has 1 aromatic carbocycles. The van der Waals surface area contributed by atoms with E-state index in [2.05, 4.69) is 11.9 Å². The number of pyridine rings is 1. The molecule has 0 aliphatic carbocycles. The van der Waals surface area contributed by atoms with Crippen molar-refractivity contribution in [1.82, 2.24) is 4.98 Å². The summed E-state index contributed by atoms with van der Waals surface area (Å²) < 4.78 is 5.72. The molecule has 0 aliphatic heterocycles. The molecule has 2 aromatic rings. The van der Waals surface area contributed by atoms with E-state index in [1.165, 1.54) is 25.7 Å². The van der Waals surface area contributed by atoms with E-state index in [0.717, 1.165) is 24.3 Å². The second-order valence-electron chi connectivity index (χ2n) is 5.79. The van der Waals surface area contributed by atoms with Crippen molar-refractivity contribution >= 4 is 5.78 Å². The van der Waals surface area contributed by atoms with Gasteiger partial charge >= 0.3 is 0 Å². The van der Waals surface area contributed by atoms with Crippen LogP contribution in [0.15, 0.2) is 42.6 Å². The molecule has 0 unspecified atom stereocenters. The highest BCUT2D eigenvalue weighted by Gasteiger charge is 2.12. The van der Waals surface area contributed by atoms with Gasteiger partial charge in [-0.05, 0) is 49.2 Å². The summed E-state index contributed by atoms with van der Waals surface area (Å²) in [6, 6.07) is 11.1. The maximum absolute atomic E-state index is 12.4. The molecule has 0 amide bonds. The van der Waals surface area contributed by atoms with E-state index in [1.54, 1.807) is 6.20 Å². The van der Waals surface area contributed by atoms with Gasteiger partial charge in [0, 0.05) is 11.8 Å². The maximum Gasteiger partial charge on any atom is 0.211 e. The van der Waals surface area contributed by atoms with Gasteiger partial charge in [0.05, 0.1) is 6.61 Å². The smallest absolute Gasteiger partial charge is 0.211 e. The Balaban J connectivity index is 1.87. The Kier molecular flexibility index (Phi) is 6.79. The van der Waals surface area contributed by atoms with E-state index >= 15 is 0 Å². The third-order valence-corrected chi connectivity index (χ3v) is 3.86. The van der Waals surface area contributed by atoms with E-state index in [0.29, 0.717) is 11.3 Å². The fraction of sp³-hybridized carbons (Fsp3) is 0.400. The van der Waals surface area contributed by atoms with Crippen molar-refractivity contribution in [2.45, 2.75) is 46.0 Å². The highest BCUT2D eigenvalue weighted by Crippen LogP contribution is 2.16. The van der Waals surface area contributed by atoms with Gasteiger partial charge in [-0.1, -0.05) is 38.7 Å². The Hall–Kier alpha value is -2.16. The van der Waals surface area contributed by atoms with Crippen molar-refractivity contribution in [2.75, 3.05) is 6.61 Å². The fourth-order valence-corrected chi connectivity index (χ4v) is 2.46. The topological polar surface area (TPSA) is 39.2 Å². The third kappa shape index (κ3) is 5.20. The first-order chi connectivity index (χ1) is 11.2. The van der Waals surface area contributed by atoms with E-state index in [1.807, 2.05) is 43.3 Å². The maximum atomic E-state index is 12.4. The highest BCUT2D eigenvalue weighted by atomic mass is 16.5. The molecule has 2 rings (SSSR count). The standard InChI is InChI=1S/C20H25NO2/c1-3-4-5-6-7-15-23-18-12-10-17(11-13-18)20(22)19-16(2)9-8-14-21-19/h8-14H,3-7,15H2,1-2H3. The van der Waals surface area contributed by atoms with E-state index in [9.17, 15) is 4.79 Å². The minimum absolute atomic E-state index is 0.0470. The van der Waals surface area contributed by atoms with E-state index in [4.69, 9.17) is 4.74 Å². The molecule has 0 saturated heterocycles. The normalized spacial score (nSPS) is 10.5. The molecule has 0 saturated carbocycles. The van der Waals surface area contributed by atoms with E-state index in [-0.39, 0.29) is 5.78 Å². The summed E-state index contributed by atoms with van der Waals surface area (Å²) in [5, 5.41) is 0. The minimum Gasteiger partial charge on any atom is -0.494 e. The number of ketones is 1. The van der Waals surface area contributed by atoms with Gasteiger partial charge in [-0.2, -0.15) is 0 Å². The number of hydrogen-bond donors (Lipinski definition) is 0. The van der Waals surface area contributed by atoms with Crippen molar-refractivity contribution in [2.24, 2.45) is 0 Å². The van der Waals surface area contributed by atoms with Crippen LogP contribution >= 0.6 is 0 Å². The predicted octanol–water partition coefficient (Wildman–Crippen LogP) is 4.97. The zero-order chi connectivity index (χ0) is 16.5. The molecule has 23 heavy (non-hydrogen) atoms. The monoisotopic (exact) mass is 311 g/mol. The Morgan fingerprint density at radius 2 is 1.78 bits per heavy atom. The quantitative estimate of drug-likeness (QED) is 0.485. The van der Waals surface area contributed by atoms with Gasteiger partial charge in [0.2, 0.25) is 5.78 Å². The molecule has 122 valence electrons. The number of nitrogens with zero attached hydrogens (tertiary/aromatic N) is 1. The molecule has 1 heterocycles. The fourth-order valence-electron chi connectivity index (χ4n) is 2.46. The summed E-state index contributed by atoms with van der Waals surface area (Å²) in [6.07, 6.45) is 7.76. The van der Waals surface area contributed by atoms with Crippen LogP contribution in [0.25, 0.3) is 0 Å². The molecule has 0 N–H and O–H groups in total. The van der Waals surface area contributed by atoms with Crippen LogP contribution in [0.3, 0.4) is 0 Å². The first-order valence-corrected chi connectivity index (χ1v) is 8.41. The van der Waals surface area contributed by atoms with Crippen LogP contribution in [0.4, 0.5) is 0 Å². The largest absolute Gasteiger partial charge is 0.494 e. The summed E-state index contributed by atoms with van der Waals surface area (Å²) in [6.45, 7) is 4.85. The lowest BCUT2D eigenvalue weighted by Gasteiger charge is -2.07. The van der Waals surface area contributed by atoms with Crippen LogP contribution < -0.4 is 4.74 Å². The number of carbonyl (C=O) groups excluding carboxylic acids is 1. The SMILES string of the molecule is CCCCCCCOc1ccc(C(=O)c2ncccc2C)cc1. The number of ether oxygens (including phenoxy) is 1. The van der Waals surface area contributed by atoms with Crippen molar-refractivity contribution in [3.63, 3.8) is 0 Å². The van der Waals surface area contributed by atoms with Crippen molar-refractivity contribution in [3.8, 4) is 5.75 Å². The Morgan fingerprint density at radius 1 is 1.04 bits per heavy atom. The van der Waals surface area contributed by atoms with Crippen LogP contribution in [0, 0.1) is 6.92 Å². The number of aryl methyl sites for hydroxylation is 1. The molecule has 0 bridgehead atoms. The number of rotatable bonds is 9. The summed E-state index contributed by atoms with van der Waals surface area (Å²) >= 11 is 0. The molecule has 0 radical (unpaired) electrons. The molecule has 1 aromatic heterocycles. The lowest BCUT2D eigenvalue weighted by molar-refractivity contribution is 0.103. The average Bonchev–Trinajstić information content (AvgIpc) is 2.58. The predicted molar refractivity (Wildman–Crippen MR) is 93.1 cm³/mol. The van der Waals surface area contributed by atoms with Gasteiger partial charge in [-0.25, -0.2) is 0 Å². The molecule has 3 nitrogen and oxygen atoms in total. The second-order valence-corrected chi connectivity index (χ2v) is 5.79. The van der Waals surface area contributed by atoms with Gasteiger partial charge in [-0.3, -0.25) is 9.78 Å². The summed E-state index contributed by atoms with van der Waals surface area (Å²) in [5.74, 6) is 0.768. The van der Waals surface area contributed by atoms with Crippen molar-refractivity contribution in [1.29, 1.82) is 0 Å². The Bertz CT molecular complexity index is 620. The molecule has 0 atom stereocenters. The first-order valence-electron chi connectivity index (χ1n) is 8.41. The average molecular weight is 311 g/mol. The Morgan fingerprint density at radius 3 is 2.48 bits per heavy atom. The molecule has 0 aliphatic rings. The van der Waals surface area contributed by atoms with Gasteiger partial charge in [0.25, 0.3) is 0 Å². The van der Waals surface area contributed by atoms with Crippen LogP contribution in [0.1, 0.15) is 60.6 Å². The molecule has 3 heteroatoms. The van der Waals surface area contributed by atoms with Gasteiger partial charge in [0.1, 0.15) is 11.4 Å². The Labute approximate surface area is 138 Å². The van der Waals surface area contributed by atoms with Crippen LogP contribution in [-0.4, -0.2) is 17.4 Å². The van der Waals surface area contributed by atoms with Gasteiger partial charge < -0.3 is 4.74 Å². The number of unbranched alkanes of at least 4 members (excludes halogenated alkanes) is 4. The number of aromatic nitrogens is 1. The second kappa shape index (κ2) is 9.09. The summed E-state index contributed by atoms with van der Waals surface area (Å²) in [7, 11) is 0. The minimum atomic E-state index is -0.0470. The molecule has 0 spiro atoms. The number of carbonyl (C=O) groups is 1. The van der Waals surface area contributed by atoms with E-state index < -0.39 is 0 Å². The third-order valence-electron chi connectivity index (χ3n) is 3.86. The lowest BCUT2D eigenvalue weighted by atomic mass is 10.0. The summed E-state index contributed by atoms with van der Waals surface area (Å²) in [5.41, 5.74) is 2.05. The van der Waals surface area contributed by atoms with Crippen molar-refractivity contribution < 1.29 is 9.53 Å².